The van der Waals surface area contributed by atoms with Crippen LogP contribution in [0, 0.1) is 6.92 Å². The number of H-pyrrole nitrogens is 1. The molecule has 2 aliphatic rings. The number of benzene rings is 6. The van der Waals surface area contributed by atoms with Crippen molar-refractivity contribution >= 4 is 33.3 Å². The molecule has 0 radical (unpaired) electrons. The van der Waals surface area contributed by atoms with Gasteiger partial charge in [-0.3, -0.25) is 4.79 Å². The van der Waals surface area contributed by atoms with Gasteiger partial charge in [0.1, 0.15) is 0 Å². The standard InChI is InChI=1S/C46H33N3O/c1-29-16-8-9-21-32(29)36-28-46(37-25-13-10-22-33(37)45(50)48-46)49-39-27-15-12-24-35(39)42(44(36)49)41-34-23-11-14-26-38(34)47-43(41)40(30-17-4-2-5-18-30)31-19-6-3-7-20-31/h2-28,40,47H,1H3,(H,48,50). The number of nitrogens with one attached hydrogen (secondary N) is 2. The second-order valence-electron chi connectivity index (χ2n) is 13.4. The number of carbonyl (C=O) groups excluding carboxylic acids is 1. The van der Waals surface area contributed by atoms with Crippen LogP contribution in [0.1, 0.15) is 55.5 Å². The van der Waals surface area contributed by atoms with Gasteiger partial charge in [-0.1, -0.05) is 140 Å². The molecule has 1 atom stereocenters. The van der Waals surface area contributed by atoms with E-state index in [9.17, 15) is 4.79 Å². The molecule has 4 heterocycles. The van der Waals surface area contributed by atoms with Crippen molar-refractivity contribution in [1.29, 1.82) is 0 Å². The first-order valence-corrected chi connectivity index (χ1v) is 17.2. The fourth-order valence-electron chi connectivity index (χ4n) is 8.61. The highest BCUT2D eigenvalue weighted by molar-refractivity contribution is 6.14. The first-order chi connectivity index (χ1) is 24.6. The topological polar surface area (TPSA) is 49.8 Å². The number of rotatable bonds is 5. The summed E-state index contributed by atoms with van der Waals surface area (Å²) in [5, 5.41) is 5.80. The number of para-hydroxylation sites is 2. The first kappa shape index (κ1) is 28.6. The summed E-state index contributed by atoms with van der Waals surface area (Å²) in [5.74, 6) is -0.114. The van der Waals surface area contributed by atoms with Crippen molar-refractivity contribution in [2.75, 3.05) is 0 Å². The fourth-order valence-corrected chi connectivity index (χ4v) is 8.61. The third-order valence-electron chi connectivity index (χ3n) is 10.7. The highest BCUT2D eigenvalue weighted by Crippen LogP contribution is 2.55. The Hall–Kier alpha value is -6.39. The molecule has 50 heavy (non-hydrogen) atoms. The zero-order valence-electron chi connectivity index (χ0n) is 27.5. The third-order valence-corrected chi connectivity index (χ3v) is 10.7. The number of hydrogen-bond acceptors (Lipinski definition) is 1. The van der Waals surface area contributed by atoms with Crippen LogP contribution in [-0.4, -0.2) is 15.5 Å². The molecule has 1 spiro atoms. The van der Waals surface area contributed by atoms with Gasteiger partial charge in [-0.15, -0.1) is 0 Å². The summed E-state index contributed by atoms with van der Waals surface area (Å²) in [6.45, 7) is 2.17. The predicted octanol–water partition coefficient (Wildman–Crippen LogP) is 10.2. The zero-order chi connectivity index (χ0) is 33.4. The quantitative estimate of drug-likeness (QED) is 0.193. The number of aryl methyl sites for hydroxylation is 1. The van der Waals surface area contributed by atoms with Crippen molar-refractivity contribution in [2.45, 2.75) is 18.5 Å². The number of aromatic nitrogens is 2. The molecule has 1 amide bonds. The van der Waals surface area contributed by atoms with Crippen LogP contribution in [0.3, 0.4) is 0 Å². The van der Waals surface area contributed by atoms with E-state index >= 15 is 0 Å². The average Bonchev–Trinajstić information content (AvgIpc) is 3.88. The van der Waals surface area contributed by atoms with E-state index in [-0.39, 0.29) is 11.8 Å². The van der Waals surface area contributed by atoms with Crippen LogP contribution in [0.5, 0.6) is 0 Å². The van der Waals surface area contributed by atoms with Crippen LogP contribution in [0.25, 0.3) is 38.5 Å². The minimum atomic E-state index is -0.886. The first-order valence-electron chi connectivity index (χ1n) is 17.2. The fraction of sp³-hybridized carbons (Fsp3) is 0.0652. The maximum absolute atomic E-state index is 13.8. The second-order valence-corrected chi connectivity index (χ2v) is 13.4. The Labute approximate surface area is 290 Å². The van der Waals surface area contributed by atoms with Crippen LogP contribution in [0.4, 0.5) is 0 Å². The molecule has 0 fully saturated rings. The maximum Gasteiger partial charge on any atom is 0.254 e. The van der Waals surface area contributed by atoms with Crippen molar-refractivity contribution < 1.29 is 4.79 Å². The van der Waals surface area contributed by atoms with E-state index < -0.39 is 5.66 Å². The lowest BCUT2D eigenvalue weighted by atomic mass is 9.83. The molecule has 2 aromatic heterocycles. The normalized spacial score (nSPS) is 16.3. The molecular formula is C46H33N3O. The number of fused-ring (bicyclic) bond motifs is 7. The van der Waals surface area contributed by atoms with Crippen molar-refractivity contribution in [1.82, 2.24) is 14.9 Å². The Kier molecular flexibility index (Phi) is 6.19. The summed E-state index contributed by atoms with van der Waals surface area (Å²) in [7, 11) is 0. The smallest absolute Gasteiger partial charge is 0.254 e. The molecule has 0 saturated carbocycles. The second kappa shape index (κ2) is 10.8. The molecule has 6 aromatic carbocycles. The van der Waals surface area contributed by atoms with Crippen molar-refractivity contribution in [2.24, 2.45) is 0 Å². The lowest BCUT2D eigenvalue weighted by Crippen LogP contribution is -2.42. The summed E-state index contributed by atoms with van der Waals surface area (Å²) < 4.78 is 2.40. The number of nitrogens with zero attached hydrogens (tertiary/aromatic N) is 1. The van der Waals surface area contributed by atoms with Gasteiger partial charge in [0.2, 0.25) is 0 Å². The summed E-state index contributed by atoms with van der Waals surface area (Å²) in [6.07, 6.45) is 2.30. The molecule has 0 saturated heterocycles. The number of carbonyl (C=O) groups is 1. The van der Waals surface area contributed by atoms with E-state index in [2.05, 4.69) is 167 Å². The molecule has 8 aromatic rings. The molecule has 2 N–H and O–H groups in total. The molecule has 1 unspecified atom stereocenters. The summed E-state index contributed by atoms with van der Waals surface area (Å²) >= 11 is 0. The van der Waals surface area contributed by atoms with Crippen molar-refractivity contribution in [3.05, 3.63) is 209 Å². The third kappa shape index (κ3) is 3.96. The largest absolute Gasteiger partial charge is 0.357 e. The number of amides is 1. The van der Waals surface area contributed by atoms with Gasteiger partial charge in [-0.25, -0.2) is 0 Å². The Bertz CT molecular complexity index is 2620. The Balaban J connectivity index is 1.38. The van der Waals surface area contributed by atoms with Gasteiger partial charge in [0.05, 0.1) is 11.2 Å². The van der Waals surface area contributed by atoms with Crippen molar-refractivity contribution in [3.8, 4) is 11.1 Å². The van der Waals surface area contributed by atoms with Gasteiger partial charge in [0.25, 0.3) is 5.91 Å². The van der Waals surface area contributed by atoms with E-state index in [1.165, 1.54) is 27.6 Å². The molecular weight excluding hydrogens is 611 g/mol. The predicted molar refractivity (Wildman–Crippen MR) is 202 cm³/mol. The van der Waals surface area contributed by atoms with Crippen LogP contribution >= 0.6 is 0 Å². The Morgan fingerprint density at radius 3 is 1.94 bits per heavy atom. The summed E-state index contributed by atoms with van der Waals surface area (Å²) in [5.41, 5.74) is 13.4. The lowest BCUT2D eigenvalue weighted by molar-refractivity contribution is 0.0937. The van der Waals surface area contributed by atoms with Gasteiger partial charge in [-0.2, -0.15) is 0 Å². The van der Waals surface area contributed by atoms with Crippen LogP contribution in [0.2, 0.25) is 0 Å². The van der Waals surface area contributed by atoms with Gasteiger partial charge in [0, 0.05) is 55.7 Å². The molecule has 0 bridgehead atoms. The number of aromatic amines is 1. The lowest BCUT2D eigenvalue weighted by Gasteiger charge is -2.27. The molecule has 2 aliphatic heterocycles. The van der Waals surface area contributed by atoms with Crippen LogP contribution in [-0.2, 0) is 5.66 Å². The maximum atomic E-state index is 13.8. The molecule has 10 rings (SSSR count). The van der Waals surface area contributed by atoms with Crippen LogP contribution < -0.4 is 5.32 Å². The monoisotopic (exact) mass is 643 g/mol. The molecule has 4 heteroatoms. The van der Waals surface area contributed by atoms with E-state index in [0.717, 1.165) is 50.1 Å². The van der Waals surface area contributed by atoms with Gasteiger partial charge in [0.15, 0.2) is 5.66 Å². The SMILES string of the molecule is Cc1ccccc1C1=CC2(NC(=O)c3ccccc32)n2c1c(-c1c(C(c3ccccc3)c3ccccc3)[nH]c3ccccc13)c1ccccc12. The summed E-state index contributed by atoms with van der Waals surface area (Å²) in [4.78, 5) is 17.7. The van der Waals surface area contributed by atoms with E-state index in [4.69, 9.17) is 0 Å². The minimum Gasteiger partial charge on any atom is -0.357 e. The Morgan fingerprint density at radius 1 is 0.600 bits per heavy atom. The number of hydrogen-bond donors (Lipinski definition) is 2. The zero-order valence-corrected chi connectivity index (χ0v) is 27.5. The van der Waals surface area contributed by atoms with Gasteiger partial charge < -0.3 is 14.9 Å². The van der Waals surface area contributed by atoms with Gasteiger partial charge in [-0.05, 0) is 53.5 Å². The minimum absolute atomic E-state index is 0.0534. The highest BCUT2D eigenvalue weighted by Gasteiger charge is 2.50. The van der Waals surface area contributed by atoms with E-state index in [1.54, 1.807) is 0 Å². The van der Waals surface area contributed by atoms with Crippen LogP contribution in [0.15, 0.2) is 164 Å². The van der Waals surface area contributed by atoms with Gasteiger partial charge >= 0.3 is 0 Å². The molecule has 4 nitrogen and oxygen atoms in total. The molecule has 238 valence electrons. The van der Waals surface area contributed by atoms with Crippen molar-refractivity contribution in [3.63, 3.8) is 0 Å². The van der Waals surface area contributed by atoms with E-state index in [1.807, 2.05) is 18.2 Å². The highest BCUT2D eigenvalue weighted by atomic mass is 16.2. The average molecular weight is 644 g/mol. The summed E-state index contributed by atoms with van der Waals surface area (Å²) in [6, 6.07) is 55.5. The molecule has 0 aliphatic carbocycles. The van der Waals surface area contributed by atoms with E-state index in [0.29, 0.717) is 5.56 Å². The Morgan fingerprint density at radius 2 is 1.20 bits per heavy atom.